The Hall–Kier alpha value is -1.35. The van der Waals surface area contributed by atoms with Gasteiger partial charge in [-0.05, 0) is 24.5 Å². The summed E-state index contributed by atoms with van der Waals surface area (Å²) in [7, 11) is 3.62. The van der Waals surface area contributed by atoms with E-state index >= 15 is 0 Å². The van der Waals surface area contributed by atoms with E-state index in [1.165, 1.54) is 5.56 Å². The van der Waals surface area contributed by atoms with Crippen LogP contribution in [0.25, 0.3) is 0 Å². The SMILES string of the molecule is CCc1ccc(C(C)C(=O)NN(C)C)cc1. The summed E-state index contributed by atoms with van der Waals surface area (Å²) < 4.78 is 0. The van der Waals surface area contributed by atoms with Crippen molar-refractivity contribution in [2.75, 3.05) is 14.1 Å². The van der Waals surface area contributed by atoms with Crippen molar-refractivity contribution in [1.29, 1.82) is 0 Å². The van der Waals surface area contributed by atoms with E-state index < -0.39 is 0 Å². The number of nitrogens with zero attached hydrogens (tertiary/aromatic N) is 1. The summed E-state index contributed by atoms with van der Waals surface area (Å²) in [5.41, 5.74) is 5.11. The Balaban J connectivity index is 2.72. The molecule has 0 aliphatic carbocycles. The number of benzene rings is 1. The van der Waals surface area contributed by atoms with Crippen LogP contribution in [-0.4, -0.2) is 25.0 Å². The van der Waals surface area contributed by atoms with Crippen LogP contribution in [0.4, 0.5) is 0 Å². The maximum atomic E-state index is 11.8. The third-order valence-electron chi connectivity index (χ3n) is 2.62. The fourth-order valence-corrected chi connectivity index (χ4v) is 1.51. The highest BCUT2D eigenvalue weighted by Gasteiger charge is 2.15. The van der Waals surface area contributed by atoms with Crippen molar-refractivity contribution in [3.8, 4) is 0 Å². The van der Waals surface area contributed by atoms with Gasteiger partial charge in [0.1, 0.15) is 0 Å². The van der Waals surface area contributed by atoms with Gasteiger partial charge in [-0.25, -0.2) is 5.01 Å². The van der Waals surface area contributed by atoms with Crippen molar-refractivity contribution < 1.29 is 4.79 Å². The molecule has 88 valence electrons. The lowest BCUT2D eigenvalue weighted by Crippen LogP contribution is -2.38. The van der Waals surface area contributed by atoms with Crippen molar-refractivity contribution in [1.82, 2.24) is 10.4 Å². The molecule has 1 amide bonds. The molecule has 3 nitrogen and oxygen atoms in total. The van der Waals surface area contributed by atoms with Crippen LogP contribution < -0.4 is 5.43 Å². The van der Waals surface area contributed by atoms with E-state index in [-0.39, 0.29) is 11.8 Å². The molecule has 3 heteroatoms. The number of rotatable bonds is 4. The second kappa shape index (κ2) is 5.66. The van der Waals surface area contributed by atoms with E-state index in [2.05, 4.69) is 24.5 Å². The molecule has 0 spiro atoms. The van der Waals surface area contributed by atoms with Gasteiger partial charge in [0.15, 0.2) is 0 Å². The Labute approximate surface area is 97.4 Å². The van der Waals surface area contributed by atoms with Crippen LogP contribution in [0.2, 0.25) is 0 Å². The number of hydrazine groups is 1. The monoisotopic (exact) mass is 220 g/mol. The molecule has 0 saturated heterocycles. The van der Waals surface area contributed by atoms with Crippen LogP contribution in [0.15, 0.2) is 24.3 Å². The number of carbonyl (C=O) groups excluding carboxylic acids is 1. The van der Waals surface area contributed by atoms with Crippen molar-refractivity contribution in [2.45, 2.75) is 26.2 Å². The number of amides is 1. The Morgan fingerprint density at radius 3 is 2.31 bits per heavy atom. The van der Waals surface area contributed by atoms with Gasteiger partial charge in [0, 0.05) is 14.1 Å². The van der Waals surface area contributed by atoms with Crippen molar-refractivity contribution in [3.63, 3.8) is 0 Å². The number of nitrogens with one attached hydrogen (secondary N) is 1. The number of carbonyl (C=O) groups is 1. The van der Waals surface area contributed by atoms with E-state index in [1.807, 2.05) is 33.2 Å². The maximum absolute atomic E-state index is 11.8. The predicted molar refractivity (Wildman–Crippen MR) is 66.1 cm³/mol. The topological polar surface area (TPSA) is 32.3 Å². The molecule has 0 saturated carbocycles. The molecule has 0 aromatic heterocycles. The molecule has 0 fully saturated rings. The zero-order valence-electron chi connectivity index (χ0n) is 10.4. The normalized spacial score (nSPS) is 12.6. The molecule has 1 N–H and O–H groups in total. The average Bonchev–Trinajstić information content (AvgIpc) is 2.27. The standard InChI is InChI=1S/C13H20N2O/c1-5-11-6-8-12(9-7-11)10(2)13(16)14-15(3)4/h6-10H,5H2,1-4H3,(H,14,16). The van der Waals surface area contributed by atoms with Gasteiger partial charge in [-0.15, -0.1) is 0 Å². The first-order valence-electron chi connectivity index (χ1n) is 5.61. The van der Waals surface area contributed by atoms with Gasteiger partial charge in [0.05, 0.1) is 5.92 Å². The van der Waals surface area contributed by atoms with E-state index in [0.717, 1.165) is 12.0 Å². The second-order valence-corrected chi connectivity index (χ2v) is 4.19. The first-order valence-corrected chi connectivity index (χ1v) is 5.61. The molecule has 0 aliphatic rings. The quantitative estimate of drug-likeness (QED) is 0.787. The van der Waals surface area contributed by atoms with Crippen LogP contribution in [0.3, 0.4) is 0 Å². The first-order chi connectivity index (χ1) is 7.54. The summed E-state index contributed by atoms with van der Waals surface area (Å²) in [5, 5.41) is 1.67. The minimum absolute atomic E-state index is 0.0225. The summed E-state index contributed by atoms with van der Waals surface area (Å²) in [5.74, 6) is -0.0949. The van der Waals surface area contributed by atoms with Gasteiger partial charge in [-0.2, -0.15) is 0 Å². The van der Waals surface area contributed by atoms with Crippen LogP contribution in [-0.2, 0) is 11.2 Å². The summed E-state index contributed by atoms with van der Waals surface area (Å²) in [6, 6.07) is 8.21. The lowest BCUT2D eigenvalue weighted by atomic mass is 9.99. The van der Waals surface area contributed by atoms with Gasteiger partial charge in [-0.1, -0.05) is 31.2 Å². The third kappa shape index (κ3) is 3.35. The molecule has 0 bridgehead atoms. The van der Waals surface area contributed by atoms with E-state index in [1.54, 1.807) is 5.01 Å². The summed E-state index contributed by atoms with van der Waals surface area (Å²) in [6.07, 6.45) is 1.03. The van der Waals surface area contributed by atoms with Gasteiger partial charge in [0.2, 0.25) is 5.91 Å². The Morgan fingerprint density at radius 1 is 1.31 bits per heavy atom. The zero-order valence-corrected chi connectivity index (χ0v) is 10.4. The Bertz CT molecular complexity index is 343. The molecule has 0 heterocycles. The smallest absolute Gasteiger partial charge is 0.241 e. The van der Waals surface area contributed by atoms with Gasteiger partial charge in [0.25, 0.3) is 0 Å². The van der Waals surface area contributed by atoms with Gasteiger partial charge in [-0.3, -0.25) is 10.2 Å². The van der Waals surface area contributed by atoms with Crippen LogP contribution in [0, 0.1) is 0 Å². The molecular weight excluding hydrogens is 200 g/mol. The Morgan fingerprint density at radius 2 is 1.88 bits per heavy atom. The molecule has 1 aromatic carbocycles. The van der Waals surface area contributed by atoms with Crippen LogP contribution >= 0.6 is 0 Å². The first kappa shape index (κ1) is 12.7. The van der Waals surface area contributed by atoms with Gasteiger partial charge >= 0.3 is 0 Å². The average molecular weight is 220 g/mol. The summed E-state index contributed by atoms with van der Waals surface area (Å²) >= 11 is 0. The highest BCUT2D eigenvalue weighted by Crippen LogP contribution is 2.16. The molecule has 0 radical (unpaired) electrons. The van der Waals surface area contributed by atoms with Gasteiger partial charge < -0.3 is 0 Å². The maximum Gasteiger partial charge on any atom is 0.241 e. The number of hydrogen-bond acceptors (Lipinski definition) is 2. The third-order valence-corrected chi connectivity index (χ3v) is 2.62. The minimum Gasteiger partial charge on any atom is -0.289 e. The minimum atomic E-state index is -0.117. The number of hydrogen-bond donors (Lipinski definition) is 1. The highest BCUT2D eigenvalue weighted by atomic mass is 16.2. The van der Waals surface area contributed by atoms with Crippen LogP contribution in [0.1, 0.15) is 30.9 Å². The van der Waals surface area contributed by atoms with E-state index in [0.29, 0.717) is 0 Å². The lowest BCUT2D eigenvalue weighted by molar-refractivity contribution is -0.125. The number of aryl methyl sites for hydroxylation is 1. The highest BCUT2D eigenvalue weighted by molar-refractivity contribution is 5.82. The molecule has 1 atom stereocenters. The molecule has 1 unspecified atom stereocenters. The largest absolute Gasteiger partial charge is 0.289 e. The molecular formula is C13H20N2O. The van der Waals surface area contributed by atoms with Crippen LogP contribution in [0.5, 0.6) is 0 Å². The van der Waals surface area contributed by atoms with E-state index in [9.17, 15) is 4.79 Å². The Kier molecular flexibility index (Phi) is 4.50. The predicted octanol–water partition coefficient (Wildman–Crippen LogP) is 1.95. The van der Waals surface area contributed by atoms with Crippen molar-refractivity contribution in [3.05, 3.63) is 35.4 Å². The molecule has 0 aliphatic heterocycles. The molecule has 1 aromatic rings. The zero-order chi connectivity index (χ0) is 12.1. The summed E-state index contributed by atoms with van der Waals surface area (Å²) in [4.78, 5) is 11.8. The molecule has 1 rings (SSSR count). The van der Waals surface area contributed by atoms with Crippen molar-refractivity contribution in [2.24, 2.45) is 0 Å². The summed E-state index contributed by atoms with van der Waals surface area (Å²) in [6.45, 7) is 4.04. The lowest BCUT2D eigenvalue weighted by Gasteiger charge is -2.17. The van der Waals surface area contributed by atoms with Crippen molar-refractivity contribution >= 4 is 5.91 Å². The second-order valence-electron chi connectivity index (χ2n) is 4.19. The molecule has 16 heavy (non-hydrogen) atoms. The fraction of sp³-hybridized carbons (Fsp3) is 0.462. The fourth-order valence-electron chi connectivity index (χ4n) is 1.51. The van der Waals surface area contributed by atoms with E-state index in [4.69, 9.17) is 0 Å².